The Morgan fingerprint density at radius 2 is 1.91 bits per heavy atom. The topological polar surface area (TPSA) is 42.0 Å². The van der Waals surface area contributed by atoms with Crippen LogP contribution in [0.4, 0.5) is 0 Å². The van der Waals surface area contributed by atoms with E-state index in [1.54, 1.807) is 0 Å². The zero-order valence-corrected chi connectivity index (χ0v) is 13.9. The Labute approximate surface area is 138 Å². The Morgan fingerprint density at radius 1 is 1.17 bits per heavy atom. The van der Waals surface area contributed by atoms with Crippen molar-refractivity contribution in [1.29, 1.82) is 0 Å². The minimum Gasteiger partial charge on any atom is -0.381 e. The van der Waals surface area contributed by atoms with Gasteiger partial charge in [0, 0.05) is 44.1 Å². The van der Waals surface area contributed by atoms with Crippen LogP contribution >= 0.6 is 0 Å². The summed E-state index contributed by atoms with van der Waals surface area (Å²) in [5.74, 6) is 1.68. The molecule has 5 nitrogen and oxygen atoms in total. The van der Waals surface area contributed by atoms with E-state index in [1.807, 2.05) is 6.08 Å². The molecule has 3 heterocycles. The fraction of sp³-hybridized carbons (Fsp3) is 0.833. The SMILES string of the molecule is C=CCN1CCOCC2(CCN(C(=O)C3[C@H]4COC[C@@H]34)CC2)C1. The summed E-state index contributed by atoms with van der Waals surface area (Å²) in [4.78, 5) is 17.2. The van der Waals surface area contributed by atoms with Gasteiger partial charge in [-0.05, 0) is 24.7 Å². The number of rotatable bonds is 3. The van der Waals surface area contributed by atoms with Crippen molar-refractivity contribution in [2.24, 2.45) is 23.2 Å². The van der Waals surface area contributed by atoms with Crippen LogP contribution in [0.25, 0.3) is 0 Å². The molecule has 4 aliphatic rings. The van der Waals surface area contributed by atoms with Gasteiger partial charge in [-0.1, -0.05) is 6.08 Å². The van der Waals surface area contributed by atoms with E-state index >= 15 is 0 Å². The number of fused-ring (bicyclic) bond motifs is 1. The largest absolute Gasteiger partial charge is 0.381 e. The molecule has 1 aliphatic carbocycles. The molecule has 3 saturated heterocycles. The van der Waals surface area contributed by atoms with Crippen molar-refractivity contribution in [2.45, 2.75) is 12.8 Å². The Balaban J connectivity index is 1.34. The zero-order chi connectivity index (χ0) is 15.9. The molecule has 0 radical (unpaired) electrons. The second-order valence-corrected chi connectivity index (χ2v) is 7.79. The van der Waals surface area contributed by atoms with E-state index in [2.05, 4.69) is 16.4 Å². The lowest BCUT2D eigenvalue weighted by Crippen LogP contribution is -2.49. The van der Waals surface area contributed by atoms with E-state index in [9.17, 15) is 4.79 Å². The second kappa shape index (κ2) is 6.19. The average Bonchev–Trinajstić information content (AvgIpc) is 3.12. The minimum atomic E-state index is 0.221. The molecule has 1 unspecified atom stereocenters. The number of carbonyl (C=O) groups excluding carboxylic acids is 1. The number of ether oxygens (including phenoxy) is 2. The summed E-state index contributed by atoms with van der Waals surface area (Å²) in [5.41, 5.74) is 0.221. The van der Waals surface area contributed by atoms with Gasteiger partial charge in [-0.2, -0.15) is 0 Å². The van der Waals surface area contributed by atoms with Gasteiger partial charge in [-0.15, -0.1) is 6.58 Å². The van der Waals surface area contributed by atoms with Crippen molar-refractivity contribution in [3.63, 3.8) is 0 Å². The van der Waals surface area contributed by atoms with Gasteiger partial charge in [0.15, 0.2) is 0 Å². The predicted octanol–water partition coefficient (Wildman–Crippen LogP) is 1.01. The molecule has 0 bridgehead atoms. The maximum Gasteiger partial charge on any atom is 0.226 e. The van der Waals surface area contributed by atoms with Crippen molar-refractivity contribution in [3.8, 4) is 0 Å². The van der Waals surface area contributed by atoms with Crippen molar-refractivity contribution in [3.05, 3.63) is 12.7 Å². The number of nitrogens with zero attached hydrogens (tertiary/aromatic N) is 2. The van der Waals surface area contributed by atoms with Gasteiger partial charge in [0.05, 0.1) is 26.4 Å². The summed E-state index contributed by atoms with van der Waals surface area (Å²) in [6.45, 7) is 11.9. The highest BCUT2D eigenvalue weighted by Gasteiger charge is 2.59. The van der Waals surface area contributed by atoms with Crippen LogP contribution in [0.2, 0.25) is 0 Å². The summed E-state index contributed by atoms with van der Waals surface area (Å²) in [5, 5.41) is 0. The number of piperidine rings is 1. The van der Waals surface area contributed by atoms with E-state index in [4.69, 9.17) is 9.47 Å². The zero-order valence-electron chi connectivity index (χ0n) is 13.9. The molecule has 0 N–H and O–H groups in total. The third-order valence-corrected chi connectivity index (χ3v) is 6.28. The number of amides is 1. The van der Waals surface area contributed by atoms with E-state index in [1.165, 1.54) is 0 Å². The normalized spacial score (nSPS) is 36.5. The maximum atomic E-state index is 12.7. The Hall–Kier alpha value is -0.910. The van der Waals surface area contributed by atoms with Gasteiger partial charge in [0.1, 0.15) is 0 Å². The summed E-state index contributed by atoms with van der Waals surface area (Å²) in [7, 11) is 0. The van der Waals surface area contributed by atoms with Crippen LogP contribution in [0.15, 0.2) is 12.7 Å². The Morgan fingerprint density at radius 3 is 2.61 bits per heavy atom. The maximum absolute atomic E-state index is 12.7. The third-order valence-electron chi connectivity index (χ3n) is 6.28. The molecule has 3 atom stereocenters. The van der Waals surface area contributed by atoms with Crippen LogP contribution < -0.4 is 0 Å². The first kappa shape index (κ1) is 15.6. The quantitative estimate of drug-likeness (QED) is 0.728. The molecule has 4 fully saturated rings. The van der Waals surface area contributed by atoms with Crippen molar-refractivity contribution < 1.29 is 14.3 Å². The molecule has 0 aromatic carbocycles. The molecule has 4 rings (SSSR count). The highest BCUT2D eigenvalue weighted by Crippen LogP contribution is 2.52. The monoisotopic (exact) mass is 320 g/mol. The van der Waals surface area contributed by atoms with E-state index in [0.29, 0.717) is 17.7 Å². The number of hydrogen-bond donors (Lipinski definition) is 0. The molecule has 1 spiro atoms. The summed E-state index contributed by atoms with van der Waals surface area (Å²) >= 11 is 0. The van der Waals surface area contributed by atoms with Crippen LogP contribution in [0.3, 0.4) is 0 Å². The van der Waals surface area contributed by atoms with Gasteiger partial charge in [0.25, 0.3) is 0 Å². The predicted molar refractivity (Wildman–Crippen MR) is 87.0 cm³/mol. The third kappa shape index (κ3) is 2.94. The van der Waals surface area contributed by atoms with Crippen LogP contribution in [0, 0.1) is 23.2 Å². The number of carbonyl (C=O) groups is 1. The molecule has 3 aliphatic heterocycles. The van der Waals surface area contributed by atoms with E-state index in [0.717, 1.165) is 72.0 Å². The van der Waals surface area contributed by atoms with Crippen molar-refractivity contribution in [1.82, 2.24) is 9.80 Å². The molecule has 5 heteroatoms. The van der Waals surface area contributed by atoms with Gasteiger partial charge in [0.2, 0.25) is 5.91 Å². The summed E-state index contributed by atoms with van der Waals surface area (Å²) in [6.07, 6.45) is 4.10. The first-order chi connectivity index (χ1) is 11.2. The highest BCUT2D eigenvalue weighted by molar-refractivity contribution is 5.82. The van der Waals surface area contributed by atoms with E-state index in [-0.39, 0.29) is 11.3 Å². The first-order valence-electron chi connectivity index (χ1n) is 9.00. The lowest BCUT2D eigenvalue weighted by molar-refractivity contribution is -0.137. The number of hydrogen-bond acceptors (Lipinski definition) is 4. The fourth-order valence-electron chi connectivity index (χ4n) is 4.74. The van der Waals surface area contributed by atoms with Gasteiger partial charge in [-0.25, -0.2) is 0 Å². The average molecular weight is 320 g/mol. The first-order valence-corrected chi connectivity index (χ1v) is 9.00. The lowest BCUT2D eigenvalue weighted by atomic mass is 9.78. The Bertz CT molecular complexity index is 463. The van der Waals surface area contributed by atoms with Crippen molar-refractivity contribution >= 4 is 5.91 Å². The van der Waals surface area contributed by atoms with Crippen molar-refractivity contribution in [2.75, 3.05) is 59.2 Å². The summed E-state index contributed by atoms with van der Waals surface area (Å²) in [6, 6.07) is 0. The second-order valence-electron chi connectivity index (χ2n) is 7.79. The molecule has 1 saturated carbocycles. The molecular weight excluding hydrogens is 292 g/mol. The molecular formula is C18H28N2O3. The fourth-order valence-corrected chi connectivity index (χ4v) is 4.74. The molecule has 1 amide bonds. The van der Waals surface area contributed by atoms with Gasteiger partial charge >= 0.3 is 0 Å². The standard InChI is InChI=1S/C18H28N2O3/c1-2-5-19-8-9-22-13-18(12-19)3-6-20(7-4-18)17(21)16-14-10-23-11-15(14)16/h2,14-16H,1,3-13H2/t14-,15+,16?. The highest BCUT2D eigenvalue weighted by atomic mass is 16.5. The Kier molecular flexibility index (Phi) is 4.20. The molecule has 128 valence electrons. The minimum absolute atomic E-state index is 0.221. The van der Waals surface area contributed by atoms with Crippen LogP contribution in [-0.2, 0) is 14.3 Å². The van der Waals surface area contributed by atoms with Gasteiger partial charge in [-0.3, -0.25) is 9.69 Å². The van der Waals surface area contributed by atoms with Crippen LogP contribution in [-0.4, -0.2) is 74.9 Å². The lowest BCUT2D eigenvalue weighted by Gasteiger charge is -2.42. The molecule has 23 heavy (non-hydrogen) atoms. The number of likely N-dealkylation sites (tertiary alicyclic amines) is 1. The van der Waals surface area contributed by atoms with Gasteiger partial charge < -0.3 is 14.4 Å². The molecule has 0 aromatic rings. The van der Waals surface area contributed by atoms with E-state index < -0.39 is 0 Å². The smallest absolute Gasteiger partial charge is 0.226 e. The molecule has 0 aromatic heterocycles. The van der Waals surface area contributed by atoms with Crippen LogP contribution in [0.1, 0.15) is 12.8 Å². The van der Waals surface area contributed by atoms with Crippen LogP contribution in [0.5, 0.6) is 0 Å². The summed E-state index contributed by atoms with van der Waals surface area (Å²) < 4.78 is 11.3.